The van der Waals surface area contributed by atoms with Crippen LogP contribution in [0.5, 0.6) is 0 Å². The summed E-state index contributed by atoms with van der Waals surface area (Å²) in [6.07, 6.45) is 58.6. The SMILES string of the molecule is CCCCCCCCCCCCCCCCCCCCC(=O)OC[C@H](COP(=O)(O)OC[C@@H](O)COP(=O)(O)OC[C@@H](COC(=O)CCCCCCC)OC(=O)CCCCCCCCCCCCCCCC)OC(=O)CCCCCCCCCCCCCCCCC(C)CC. The van der Waals surface area contributed by atoms with Gasteiger partial charge in [0.2, 0.25) is 0 Å². The Hall–Kier alpha value is -1.94. The van der Waals surface area contributed by atoms with Crippen LogP contribution in [0.2, 0.25) is 0 Å². The Labute approximate surface area is 581 Å². The molecule has 19 heteroatoms. The van der Waals surface area contributed by atoms with Crippen LogP contribution in [0.3, 0.4) is 0 Å². The standard InChI is InChI=1S/C76H148O17P2/c1-6-10-13-16-18-20-22-24-26-27-28-29-34-37-41-45-50-55-60-74(79)87-66-72(93-76(81)62-57-52-47-43-39-35-31-30-32-36-40-44-49-53-58-69(5)9-4)68-91-95(84,85)89-64-70(77)63-88-94(82,83)90-67-71(65-86-73(78)59-54-48-15-12-8-3)92-75(80)61-56-51-46-42-38-33-25-23-21-19-17-14-11-7-2/h69-72,77H,6-68H2,1-5H3,(H,82,83)(H,84,85)/t69?,70-,71+,72+/m0/s1. The van der Waals surface area contributed by atoms with Crippen molar-refractivity contribution in [3.8, 4) is 0 Å². The number of ether oxygens (including phenoxy) is 4. The molecule has 0 saturated carbocycles. The highest BCUT2D eigenvalue weighted by molar-refractivity contribution is 7.47. The molecule has 564 valence electrons. The van der Waals surface area contributed by atoms with Gasteiger partial charge in [-0.1, -0.05) is 349 Å². The average molecular weight is 1400 g/mol. The molecule has 0 aliphatic rings. The Balaban J connectivity index is 5.14. The maximum absolute atomic E-state index is 13.1. The Kier molecular flexibility index (Phi) is 67.7. The van der Waals surface area contributed by atoms with Crippen molar-refractivity contribution in [3.63, 3.8) is 0 Å². The predicted molar refractivity (Wildman–Crippen MR) is 386 cm³/mol. The summed E-state index contributed by atoms with van der Waals surface area (Å²) in [5, 5.41) is 10.6. The average Bonchev–Trinajstić information content (AvgIpc) is 2.51. The first-order valence-corrected chi connectivity index (χ1v) is 42.7. The number of aliphatic hydroxyl groups is 1. The highest BCUT2D eigenvalue weighted by Crippen LogP contribution is 2.45. The van der Waals surface area contributed by atoms with Crippen LogP contribution in [0.4, 0.5) is 0 Å². The van der Waals surface area contributed by atoms with Crippen LogP contribution in [-0.2, 0) is 65.4 Å². The molecule has 0 spiro atoms. The molecule has 6 atom stereocenters. The molecule has 0 aliphatic carbocycles. The fraction of sp³-hybridized carbons (Fsp3) is 0.947. The molecule has 0 aromatic heterocycles. The van der Waals surface area contributed by atoms with E-state index in [4.69, 9.17) is 37.0 Å². The highest BCUT2D eigenvalue weighted by atomic mass is 31.2. The molecule has 0 radical (unpaired) electrons. The molecule has 0 fully saturated rings. The van der Waals surface area contributed by atoms with Crippen LogP contribution in [0.15, 0.2) is 0 Å². The monoisotopic (exact) mass is 1400 g/mol. The van der Waals surface area contributed by atoms with Gasteiger partial charge in [0, 0.05) is 25.7 Å². The number of unbranched alkanes of at least 4 members (excludes halogenated alkanes) is 47. The second kappa shape index (κ2) is 69.2. The van der Waals surface area contributed by atoms with Gasteiger partial charge in [-0.05, 0) is 31.6 Å². The van der Waals surface area contributed by atoms with E-state index < -0.39 is 97.5 Å². The first-order chi connectivity index (χ1) is 46.1. The lowest BCUT2D eigenvalue weighted by molar-refractivity contribution is -0.161. The topological polar surface area (TPSA) is 237 Å². The minimum absolute atomic E-state index is 0.107. The summed E-state index contributed by atoms with van der Waals surface area (Å²) < 4.78 is 68.3. The number of carbonyl (C=O) groups excluding carboxylic acids is 4. The number of phosphoric ester groups is 2. The van der Waals surface area contributed by atoms with E-state index in [9.17, 15) is 43.2 Å². The van der Waals surface area contributed by atoms with E-state index in [2.05, 4.69) is 34.6 Å². The van der Waals surface area contributed by atoms with Crippen LogP contribution in [0.25, 0.3) is 0 Å². The largest absolute Gasteiger partial charge is 0.472 e. The van der Waals surface area contributed by atoms with Gasteiger partial charge in [0.25, 0.3) is 0 Å². The molecule has 0 bridgehead atoms. The summed E-state index contributed by atoms with van der Waals surface area (Å²) in [6, 6.07) is 0. The third kappa shape index (κ3) is 69.0. The molecule has 0 aromatic rings. The molecule has 0 aromatic carbocycles. The van der Waals surface area contributed by atoms with Gasteiger partial charge in [-0.3, -0.25) is 37.3 Å². The zero-order valence-electron chi connectivity index (χ0n) is 61.8. The Morgan fingerprint density at radius 2 is 0.505 bits per heavy atom. The van der Waals surface area contributed by atoms with Gasteiger partial charge >= 0.3 is 39.5 Å². The summed E-state index contributed by atoms with van der Waals surface area (Å²) in [7, 11) is -9.90. The summed E-state index contributed by atoms with van der Waals surface area (Å²) >= 11 is 0. The highest BCUT2D eigenvalue weighted by Gasteiger charge is 2.30. The second-order valence-electron chi connectivity index (χ2n) is 27.6. The maximum Gasteiger partial charge on any atom is 0.472 e. The van der Waals surface area contributed by atoms with E-state index in [1.54, 1.807) is 0 Å². The molecule has 0 amide bonds. The van der Waals surface area contributed by atoms with Crippen molar-refractivity contribution in [1.82, 2.24) is 0 Å². The number of esters is 4. The molecule has 3 N–H and O–H groups in total. The van der Waals surface area contributed by atoms with Gasteiger partial charge < -0.3 is 33.8 Å². The molecule has 17 nitrogen and oxygen atoms in total. The first kappa shape index (κ1) is 93.1. The normalized spacial score (nSPS) is 14.2. The number of aliphatic hydroxyl groups excluding tert-OH is 1. The quantitative estimate of drug-likeness (QED) is 0.0222. The van der Waals surface area contributed by atoms with Crippen LogP contribution < -0.4 is 0 Å². The van der Waals surface area contributed by atoms with Gasteiger partial charge in [-0.2, -0.15) is 0 Å². The van der Waals surface area contributed by atoms with Gasteiger partial charge in [-0.25, -0.2) is 9.13 Å². The van der Waals surface area contributed by atoms with E-state index in [1.807, 2.05) is 0 Å². The van der Waals surface area contributed by atoms with E-state index in [-0.39, 0.29) is 25.7 Å². The van der Waals surface area contributed by atoms with Gasteiger partial charge in [0.15, 0.2) is 12.2 Å². The van der Waals surface area contributed by atoms with E-state index >= 15 is 0 Å². The fourth-order valence-corrected chi connectivity index (χ4v) is 13.3. The second-order valence-corrected chi connectivity index (χ2v) is 30.5. The van der Waals surface area contributed by atoms with E-state index in [0.717, 1.165) is 102 Å². The minimum atomic E-state index is -4.96. The van der Waals surface area contributed by atoms with E-state index in [0.29, 0.717) is 25.7 Å². The Bertz CT molecular complexity index is 1820. The van der Waals surface area contributed by atoms with Crippen molar-refractivity contribution in [2.24, 2.45) is 5.92 Å². The minimum Gasteiger partial charge on any atom is -0.462 e. The molecule has 3 unspecified atom stereocenters. The Morgan fingerprint density at radius 1 is 0.295 bits per heavy atom. The third-order valence-electron chi connectivity index (χ3n) is 18.1. The maximum atomic E-state index is 13.1. The van der Waals surface area contributed by atoms with Crippen molar-refractivity contribution in [1.29, 1.82) is 0 Å². The molecule has 95 heavy (non-hydrogen) atoms. The number of rotatable bonds is 76. The molecule has 0 saturated heterocycles. The summed E-state index contributed by atoms with van der Waals surface area (Å²) in [5.41, 5.74) is 0. The summed E-state index contributed by atoms with van der Waals surface area (Å²) in [6.45, 7) is 7.26. The number of phosphoric acid groups is 2. The van der Waals surface area contributed by atoms with Crippen LogP contribution in [-0.4, -0.2) is 96.7 Å². The van der Waals surface area contributed by atoms with Crippen LogP contribution in [0, 0.1) is 5.92 Å². The third-order valence-corrected chi connectivity index (χ3v) is 20.0. The molecule has 0 heterocycles. The fourth-order valence-electron chi connectivity index (χ4n) is 11.7. The van der Waals surface area contributed by atoms with Gasteiger partial charge in [0.1, 0.15) is 19.3 Å². The zero-order valence-corrected chi connectivity index (χ0v) is 63.6. The van der Waals surface area contributed by atoms with Crippen molar-refractivity contribution in [2.45, 2.75) is 419 Å². The molecule has 0 rings (SSSR count). The lowest BCUT2D eigenvalue weighted by Crippen LogP contribution is -2.30. The van der Waals surface area contributed by atoms with Gasteiger partial charge in [0.05, 0.1) is 26.4 Å². The Morgan fingerprint density at radius 3 is 0.747 bits per heavy atom. The van der Waals surface area contributed by atoms with Crippen molar-refractivity contribution in [3.05, 3.63) is 0 Å². The molecular formula is C76H148O17P2. The van der Waals surface area contributed by atoms with Crippen LogP contribution >= 0.6 is 15.6 Å². The van der Waals surface area contributed by atoms with Crippen molar-refractivity contribution in [2.75, 3.05) is 39.6 Å². The lowest BCUT2D eigenvalue weighted by Gasteiger charge is -2.21. The first-order valence-electron chi connectivity index (χ1n) is 39.7. The summed E-state index contributed by atoms with van der Waals surface area (Å²) in [5.74, 6) is -1.28. The van der Waals surface area contributed by atoms with Crippen molar-refractivity contribution < 1.29 is 80.2 Å². The molecular weight excluding hydrogens is 1250 g/mol. The zero-order chi connectivity index (χ0) is 69.8. The lowest BCUT2D eigenvalue weighted by atomic mass is 9.99. The van der Waals surface area contributed by atoms with E-state index in [1.165, 1.54) is 218 Å². The number of hydrogen-bond acceptors (Lipinski definition) is 15. The smallest absolute Gasteiger partial charge is 0.462 e. The van der Waals surface area contributed by atoms with Crippen molar-refractivity contribution >= 4 is 39.5 Å². The van der Waals surface area contributed by atoms with Crippen LogP contribution in [0.1, 0.15) is 401 Å². The number of carbonyl (C=O) groups is 4. The number of hydrogen-bond donors (Lipinski definition) is 3. The summed E-state index contributed by atoms with van der Waals surface area (Å²) in [4.78, 5) is 72.5. The van der Waals surface area contributed by atoms with Gasteiger partial charge in [-0.15, -0.1) is 0 Å². The predicted octanol–water partition coefficient (Wildman–Crippen LogP) is 22.5. The molecule has 0 aliphatic heterocycles.